The molecule has 0 spiro atoms. The van der Waals surface area contributed by atoms with Gasteiger partial charge in [-0.25, -0.2) is 13.1 Å². The fourth-order valence-electron chi connectivity index (χ4n) is 1.18. The van der Waals surface area contributed by atoms with Crippen LogP contribution in [0.5, 0.6) is 0 Å². The SMILES string of the molecule is N#Cc1ccc(Cl)c(S(=O)(=O)NCCC(F)(F)F)c1. The summed E-state index contributed by atoms with van der Waals surface area (Å²) in [5.74, 6) is 0. The monoisotopic (exact) mass is 312 g/mol. The van der Waals surface area contributed by atoms with Gasteiger partial charge in [0.25, 0.3) is 0 Å². The molecule has 0 radical (unpaired) electrons. The van der Waals surface area contributed by atoms with E-state index in [1.54, 1.807) is 10.8 Å². The number of rotatable bonds is 4. The molecule has 0 saturated heterocycles. The van der Waals surface area contributed by atoms with Crippen LogP contribution in [0.4, 0.5) is 13.2 Å². The quantitative estimate of drug-likeness (QED) is 0.928. The lowest BCUT2D eigenvalue weighted by Crippen LogP contribution is -2.28. The Morgan fingerprint density at radius 2 is 2.00 bits per heavy atom. The van der Waals surface area contributed by atoms with Crippen molar-refractivity contribution in [1.82, 2.24) is 4.72 Å². The number of nitrogens with one attached hydrogen (secondary N) is 1. The van der Waals surface area contributed by atoms with E-state index < -0.39 is 34.1 Å². The van der Waals surface area contributed by atoms with Gasteiger partial charge in [-0.05, 0) is 18.2 Å². The van der Waals surface area contributed by atoms with E-state index in [0.717, 1.165) is 6.07 Å². The van der Waals surface area contributed by atoms with Crippen molar-refractivity contribution >= 4 is 21.6 Å². The van der Waals surface area contributed by atoms with Gasteiger partial charge in [0.1, 0.15) is 4.90 Å². The standard InChI is InChI=1S/C10H8ClF3N2O2S/c11-8-2-1-7(6-15)5-9(8)19(17,18)16-4-3-10(12,13)14/h1-2,5,16H,3-4H2. The summed E-state index contributed by atoms with van der Waals surface area (Å²) in [5.41, 5.74) is 0.0422. The number of halogens is 4. The van der Waals surface area contributed by atoms with E-state index in [0.29, 0.717) is 0 Å². The Hall–Kier alpha value is -1.30. The third-order valence-corrected chi connectivity index (χ3v) is 3.99. The highest BCUT2D eigenvalue weighted by Crippen LogP contribution is 2.23. The molecular formula is C10H8ClF3N2O2S. The zero-order valence-electron chi connectivity index (χ0n) is 9.33. The lowest BCUT2D eigenvalue weighted by Gasteiger charge is -2.10. The Kier molecular flexibility index (Phi) is 4.79. The summed E-state index contributed by atoms with van der Waals surface area (Å²) in [6.45, 7) is -0.793. The molecule has 0 unspecified atom stereocenters. The van der Waals surface area contributed by atoms with Crippen LogP contribution >= 0.6 is 11.6 Å². The van der Waals surface area contributed by atoms with E-state index in [-0.39, 0.29) is 10.6 Å². The van der Waals surface area contributed by atoms with E-state index in [4.69, 9.17) is 16.9 Å². The highest BCUT2D eigenvalue weighted by molar-refractivity contribution is 7.89. The summed E-state index contributed by atoms with van der Waals surface area (Å²) in [5, 5.41) is 8.48. The predicted molar refractivity (Wildman–Crippen MR) is 62.0 cm³/mol. The number of hydrogen-bond donors (Lipinski definition) is 1. The number of benzene rings is 1. The molecular weight excluding hydrogens is 305 g/mol. The van der Waals surface area contributed by atoms with Crippen LogP contribution in [-0.2, 0) is 10.0 Å². The molecule has 1 N–H and O–H groups in total. The molecule has 0 atom stereocenters. The molecule has 0 bridgehead atoms. The summed E-state index contributed by atoms with van der Waals surface area (Å²) in [4.78, 5) is -0.421. The summed E-state index contributed by atoms with van der Waals surface area (Å²) in [7, 11) is -4.18. The average Bonchev–Trinajstić information content (AvgIpc) is 2.27. The molecule has 19 heavy (non-hydrogen) atoms. The molecule has 1 aromatic rings. The summed E-state index contributed by atoms with van der Waals surface area (Å²) in [6, 6.07) is 5.21. The first-order chi connectivity index (χ1) is 8.65. The second-order valence-corrected chi connectivity index (χ2v) is 5.66. The topological polar surface area (TPSA) is 70.0 Å². The molecule has 0 aliphatic carbocycles. The van der Waals surface area contributed by atoms with Crippen molar-refractivity contribution in [3.63, 3.8) is 0 Å². The fourth-order valence-corrected chi connectivity index (χ4v) is 2.74. The van der Waals surface area contributed by atoms with E-state index in [9.17, 15) is 21.6 Å². The van der Waals surface area contributed by atoms with E-state index >= 15 is 0 Å². The van der Waals surface area contributed by atoms with Gasteiger partial charge in [-0.2, -0.15) is 18.4 Å². The minimum Gasteiger partial charge on any atom is -0.211 e. The first kappa shape index (κ1) is 15.8. The lowest BCUT2D eigenvalue weighted by atomic mass is 10.2. The van der Waals surface area contributed by atoms with Gasteiger partial charge in [-0.1, -0.05) is 11.6 Å². The average molecular weight is 313 g/mol. The predicted octanol–water partition coefficient (Wildman–Crippen LogP) is 2.44. The molecule has 0 amide bonds. The van der Waals surface area contributed by atoms with Gasteiger partial charge >= 0.3 is 6.18 Å². The van der Waals surface area contributed by atoms with Crippen molar-refractivity contribution in [2.45, 2.75) is 17.5 Å². The van der Waals surface area contributed by atoms with Crippen molar-refractivity contribution < 1.29 is 21.6 Å². The maximum absolute atomic E-state index is 11.9. The van der Waals surface area contributed by atoms with Crippen LogP contribution in [0.1, 0.15) is 12.0 Å². The number of hydrogen-bond acceptors (Lipinski definition) is 3. The number of sulfonamides is 1. The van der Waals surface area contributed by atoms with Crippen LogP contribution in [-0.4, -0.2) is 21.1 Å². The Labute approximate surface area is 112 Å². The highest BCUT2D eigenvalue weighted by Gasteiger charge is 2.28. The lowest BCUT2D eigenvalue weighted by molar-refractivity contribution is -0.132. The molecule has 0 heterocycles. The number of nitrogens with zero attached hydrogens (tertiary/aromatic N) is 1. The Morgan fingerprint density at radius 1 is 1.37 bits per heavy atom. The molecule has 104 valence electrons. The Bertz CT molecular complexity index is 608. The van der Waals surface area contributed by atoms with E-state index in [1.807, 2.05) is 0 Å². The van der Waals surface area contributed by atoms with Crippen molar-refractivity contribution in [2.24, 2.45) is 0 Å². The first-order valence-corrected chi connectivity index (χ1v) is 6.78. The van der Waals surface area contributed by atoms with Crippen LogP contribution in [0.3, 0.4) is 0 Å². The van der Waals surface area contributed by atoms with E-state index in [2.05, 4.69) is 0 Å². The van der Waals surface area contributed by atoms with Gasteiger partial charge in [-0.3, -0.25) is 0 Å². The third-order valence-electron chi connectivity index (χ3n) is 2.05. The van der Waals surface area contributed by atoms with Crippen molar-refractivity contribution in [3.05, 3.63) is 28.8 Å². The minimum atomic E-state index is -4.46. The van der Waals surface area contributed by atoms with Crippen molar-refractivity contribution in [3.8, 4) is 6.07 Å². The molecule has 4 nitrogen and oxygen atoms in total. The first-order valence-electron chi connectivity index (χ1n) is 4.92. The Morgan fingerprint density at radius 3 is 2.53 bits per heavy atom. The maximum Gasteiger partial charge on any atom is 0.390 e. The van der Waals surface area contributed by atoms with E-state index in [1.165, 1.54) is 12.1 Å². The normalized spacial score (nSPS) is 12.2. The molecule has 0 aliphatic heterocycles. The van der Waals surface area contributed by atoms with Crippen molar-refractivity contribution in [1.29, 1.82) is 5.26 Å². The van der Waals surface area contributed by atoms with Gasteiger partial charge in [0.15, 0.2) is 0 Å². The molecule has 1 rings (SSSR count). The zero-order chi connectivity index (χ0) is 14.7. The number of nitriles is 1. The number of alkyl halides is 3. The third kappa shape index (κ3) is 4.70. The van der Waals surface area contributed by atoms with Crippen molar-refractivity contribution in [2.75, 3.05) is 6.54 Å². The Balaban J connectivity index is 2.92. The largest absolute Gasteiger partial charge is 0.390 e. The summed E-state index contributed by atoms with van der Waals surface area (Å²) < 4.78 is 61.0. The molecule has 0 aromatic heterocycles. The van der Waals surface area contributed by atoms with Crippen LogP contribution in [0, 0.1) is 11.3 Å². The van der Waals surface area contributed by atoms with Crippen LogP contribution in [0.2, 0.25) is 5.02 Å². The molecule has 0 aliphatic rings. The molecule has 9 heteroatoms. The summed E-state index contributed by atoms with van der Waals surface area (Å²) in [6.07, 6.45) is -5.75. The molecule has 0 saturated carbocycles. The van der Waals surface area contributed by atoms with Gasteiger partial charge in [0.2, 0.25) is 10.0 Å². The van der Waals surface area contributed by atoms with Gasteiger partial charge in [0, 0.05) is 6.54 Å². The molecule has 1 aromatic carbocycles. The van der Waals surface area contributed by atoms with Gasteiger partial charge < -0.3 is 0 Å². The van der Waals surface area contributed by atoms with Crippen LogP contribution in [0.25, 0.3) is 0 Å². The second-order valence-electron chi connectivity index (χ2n) is 3.52. The molecule has 0 fully saturated rings. The highest BCUT2D eigenvalue weighted by atomic mass is 35.5. The van der Waals surface area contributed by atoms with Gasteiger partial charge in [0.05, 0.1) is 23.1 Å². The van der Waals surface area contributed by atoms with Gasteiger partial charge in [-0.15, -0.1) is 0 Å². The fraction of sp³-hybridized carbons (Fsp3) is 0.300. The van der Waals surface area contributed by atoms with Crippen LogP contribution < -0.4 is 4.72 Å². The second kappa shape index (κ2) is 5.77. The minimum absolute atomic E-state index is 0.0422. The van der Waals surface area contributed by atoms with Crippen LogP contribution in [0.15, 0.2) is 23.1 Å². The summed E-state index contributed by atoms with van der Waals surface area (Å²) >= 11 is 5.66. The zero-order valence-corrected chi connectivity index (χ0v) is 10.9. The maximum atomic E-state index is 11.9. The smallest absolute Gasteiger partial charge is 0.211 e.